The van der Waals surface area contributed by atoms with Crippen LogP contribution in [0.25, 0.3) is 0 Å². The SMILES string of the molecule is O=C(COc1cccc(Cl)c1)N1CC[C@@H](O)C1. The van der Waals surface area contributed by atoms with E-state index in [0.717, 1.165) is 0 Å². The number of nitrogens with zero attached hydrogens (tertiary/aromatic N) is 1. The maximum atomic E-state index is 11.7. The fraction of sp³-hybridized carbons (Fsp3) is 0.417. The highest BCUT2D eigenvalue weighted by atomic mass is 35.5. The van der Waals surface area contributed by atoms with Crippen LogP contribution < -0.4 is 4.74 Å². The second-order valence-corrected chi connectivity index (χ2v) is 4.46. The van der Waals surface area contributed by atoms with Crippen molar-refractivity contribution in [3.8, 4) is 5.75 Å². The van der Waals surface area contributed by atoms with Crippen molar-refractivity contribution >= 4 is 17.5 Å². The van der Waals surface area contributed by atoms with Gasteiger partial charge in [0, 0.05) is 18.1 Å². The first-order valence-corrected chi connectivity index (χ1v) is 5.87. The molecule has 1 saturated heterocycles. The molecule has 1 fully saturated rings. The maximum Gasteiger partial charge on any atom is 0.260 e. The average Bonchev–Trinajstić information content (AvgIpc) is 2.73. The molecule has 2 rings (SSSR count). The first-order valence-electron chi connectivity index (χ1n) is 5.49. The van der Waals surface area contributed by atoms with Crippen LogP contribution in [0.2, 0.25) is 5.02 Å². The summed E-state index contributed by atoms with van der Waals surface area (Å²) in [5.74, 6) is 0.465. The van der Waals surface area contributed by atoms with Crippen LogP contribution in [-0.2, 0) is 4.79 Å². The zero-order valence-electron chi connectivity index (χ0n) is 9.30. The van der Waals surface area contributed by atoms with Crippen molar-refractivity contribution in [2.75, 3.05) is 19.7 Å². The third kappa shape index (κ3) is 3.35. The van der Waals surface area contributed by atoms with Crippen molar-refractivity contribution in [2.45, 2.75) is 12.5 Å². The molecule has 1 N–H and O–H groups in total. The number of likely N-dealkylation sites (tertiary alicyclic amines) is 1. The summed E-state index contributed by atoms with van der Waals surface area (Å²) in [5.41, 5.74) is 0. The van der Waals surface area contributed by atoms with Crippen molar-refractivity contribution < 1.29 is 14.6 Å². The van der Waals surface area contributed by atoms with E-state index in [4.69, 9.17) is 16.3 Å². The zero-order valence-corrected chi connectivity index (χ0v) is 10.1. The van der Waals surface area contributed by atoms with E-state index in [0.29, 0.717) is 30.3 Å². The molecular formula is C12H14ClNO3. The highest BCUT2D eigenvalue weighted by molar-refractivity contribution is 6.30. The fourth-order valence-electron chi connectivity index (χ4n) is 1.76. The molecule has 0 saturated carbocycles. The number of carbonyl (C=O) groups is 1. The number of carbonyl (C=O) groups excluding carboxylic acids is 1. The number of benzene rings is 1. The largest absolute Gasteiger partial charge is 0.484 e. The van der Waals surface area contributed by atoms with Crippen LogP contribution >= 0.6 is 11.6 Å². The Morgan fingerprint density at radius 2 is 2.41 bits per heavy atom. The van der Waals surface area contributed by atoms with E-state index in [1.807, 2.05) is 0 Å². The molecule has 0 bridgehead atoms. The quantitative estimate of drug-likeness (QED) is 0.886. The number of hydrogen-bond acceptors (Lipinski definition) is 3. The number of halogens is 1. The Kier molecular flexibility index (Phi) is 3.86. The van der Waals surface area contributed by atoms with E-state index >= 15 is 0 Å². The third-order valence-corrected chi connectivity index (χ3v) is 2.91. The molecule has 1 atom stereocenters. The van der Waals surface area contributed by atoms with Gasteiger partial charge in [0.05, 0.1) is 6.10 Å². The molecule has 1 aliphatic rings. The summed E-state index contributed by atoms with van der Waals surface area (Å²) in [7, 11) is 0. The molecule has 0 aromatic heterocycles. The van der Waals surface area contributed by atoms with Crippen LogP contribution in [0.3, 0.4) is 0 Å². The normalized spacial score (nSPS) is 19.4. The van der Waals surface area contributed by atoms with Gasteiger partial charge in [-0.05, 0) is 24.6 Å². The van der Waals surface area contributed by atoms with Crippen molar-refractivity contribution in [2.24, 2.45) is 0 Å². The topological polar surface area (TPSA) is 49.8 Å². The number of hydrogen-bond donors (Lipinski definition) is 1. The minimum absolute atomic E-state index is 0.0208. The highest BCUT2D eigenvalue weighted by Gasteiger charge is 2.24. The summed E-state index contributed by atoms with van der Waals surface area (Å²) < 4.78 is 5.34. The predicted molar refractivity (Wildman–Crippen MR) is 64.2 cm³/mol. The molecule has 0 radical (unpaired) electrons. The van der Waals surface area contributed by atoms with E-state index in [1.54, 1.807) is 29.2 Å². The van der Waals surface area contributed by atoms with Gasteiger partial charge in [-0.1, -0.05) is 17.7 Å². The van der Waals surface area contributed by atoms with Gasteiger partial charge in [-0.15, -0.1) is 0 Å². The molecular weight excluding hydrogens is 242 g/mol. The second-order valence-electron chi connectivity index (χ2n) is 4.03. The summed E-state index contributed by atoms with van der Waals surface area (Å²) in [6.07, 6.45) is 0.244. The Balaban J connectivity index is 1.84. The summed E-state index contributed by atoms with van der Waals surface area (Å²) >= 11 is 5.80. The van der Waals surface area contributed by atoms with Crippen molar-refractivity contribution in [1.82, 2.24) is 4.90 Å². The lowest BCUT2D eigenvalue weighted by molar-refractivity contribution is -0.132. The van der Waals surface area contributed by atoms with Crippen LogP contribution in [0.15, 0.2) is 24.3 Å². The lowest BCUT2D eigenvalue weighted by atomic mass is 10.3. The minimum Gasteiger partial charge on any atom is -0.484 e. The van der Waals surface area contributed by atoms with Crippen molar-refractivity contribution in [1.29, 1.82) is 0 Å². The van der Waals surface area contributed by atoms with E-state index in [1.165, 1.54) is 0 Å². The van der Waals surface area contributed by atoms with Gasteiger partial charge in [-0.3, -0.25) is 4.79 Å². The Morgan fingerprint density at radius 3 is 3.06 bits per heavy atom. The van der Waals surface area contributed by atoms with Crippen LogP contribution in [0.1, 0.15) is 6.42 Å². The zero-order chi connectivity index (χ0) is 12.3. The Hall–Kier alpha value is -1.26. The monoisotopic (exact) mass is 255 g/mol. The molecule has 1 amide bonds. The van der Waals surface area contributed by atoms with Crippen LogP contribution in [-0.4, -0.2) is 41.7 Å². The average molecular weight is 256 g/mol. The number of ether oxygens (including phenoxy) is 1. The van der Waals surface area contributed by atoms with Gasteiger partial charge >= 0.3 is 0 Å². The van der Waals surface area contributed by atoms with E-state index < -0.39 is 6.10 Å². The van der Waals surface area contributed by atoms with E-state index in [2.05, 4.69) is 0 Å². The van der Waals surface area contributed by atoms with Crippen molar-refractivity contribution in [3.63, 3.8) is 0 Å². The first kappa shape index (κ1) is 12.2. The van der Waals surface area contributed by atoms with Gasteiger partial charge in [0.2, 0.25) is 0 Å². The Bertz CT molecular complexity index is 410. The number of β-amino-alcohol motifs (C(OH)–C–C–N with tert-alkyl or cyclic N) is 1. The van der Waals surface area contributed by atoms with Gasteiger partial charge in [0.25, 0.3) is 5.91 Å². The summed E-state index contributed by atoms with van der Waals surface area (Å²) in [5, 5.41) is 9.89. The van der Waals surface area contributed by atoms with Crippen molar-refractivity contribution in [3.05, 3.63) is 29.3 Å². The molecule has 92 valence electrons. The second kappa shape index (κ2) is 5.38. The number of aliphatic hydroxyl groups excluding tert-OH is 1. The van der Waals surface area contributed by atoms with E-state index in [9.17, 15) is 9.90 Å². The Labute approximate surface area is 105 Å². The summed E-state index contributed by atoms with van der Waals surface area (Å²) in [6.45, 7) is 0.976. The molecule has 0 unspecified atom stereocenters. The number of amides is 1. The first-order chi connectivity index (χ1) is 8.15. The van der Waals surface area contributed by atoms with E-state index in [-0.39, 0.29) is 12.5 Å². The minimum atomic E-state index is -0.398. The molecule has 0 aliphatic carbocycles. The maximum absolute atomic E-state index is 11.7. The molecule has 5 heteroatoms. The van der Waals surface area contributed by atoms with Crippen LogP contribution in [0.4, 0.5) is 0 Å². The van der Waals surface area contributed by atoms with Crippen LogP contribution in [0.5, 0.6) is 5.75 Å². The predicted octanol–water partition coefficient (Wildman–Crippen LogP) is 1.31. The molecule has 0 spiro atoms. The molecule has 4 nitrogen and oxygen atoms in total. The fourth-order valence-corrected chi connectivity index (χ4v) is 1.94. The lowest BCUT2D eigenvalue weighted by Crippen LogP contribution is -2.33. The smallest absolute Gasteiger partial charge is 0.260 e. The van der Waals surface area contributed by atoms with Gasteiger partial charge < -0.3 is 14.7 Å². The standard InChI is InChI=1S/C12H14ClNO3/c13-9-2-1-3-11(6-9)17-8-12(16)14-5-4-10(15)7-14/h1-3,6,10,15H,4-5,7-8H2/t10-/m1/s1. The van der Waals surface area contributed by atoms with Crippen LogP contribution in [0, 0.1) is 0 Å². The molecule has 1 heterocycles. The molecule has 1 aliphatic heterocycles. The van der Waals surface area contributed by atoms with Gasteiger partial charge in [-0.2, -0.15) is 0 Å². The van der Waals surface area contributed by atoms with Gasteiger partial charge in [0.1, 0.15) is 5.75 Å². The summed E-state index contributed by atoms with van der Waals surface area (Å²) in [6, 6.07) is 6.92. The summed E-state index contributed by atoms with van der Waals surface area (Å²) in [4.78, 5) is 13.3. The Morgan fingerprint density at radius 1 is 1.59 bits per heavy atom. The molecule has 17 heavy (non-hydrogen) atoms. The lowest BCUT2D eigenvalue weighted by Gasteiger charge is -2.15. The van der Waals surface area contributed by atoms with Gasteiger partial charge in [0.15, 0.2) is 6.61 Å². The molecule has 1 aromatic carbocycles. The number of aliphatic hydroxyl groups is 1. The third-order valence-electron chi connectivity index (χ3n) is 2.67. The molecule has 1 aromatic rings. The number of rotatable bonds is 3. The highest BCUT2D eigenvalue weighted by Crippen LogP contribution is 2.17. The van der Waals surface area contributed by atoms with Gasteiger partial charge in [-0.25, -0.2) is 0 Å².